The average molecular weight is 426 g/mol. The lowest BCUT2D eigenvalue weighted by Gasteiger charge is -2.20. The van der Waals surface area contributed by atoms with Crippen molar-refractivity contribution in [3.05, 3.63) is 60.4 Å². The first-order chi connectivity index (χ1) is 14.9. The van der Waals surface area contributed by atoms with E-state index < -0.39 is 24.4 Å². The maximum atomic E-state index is 13.7. The van der Waals surface area contributed by atoms with Crippen molar-refractivity contribution in [2.24, 2.45) is 10.8 Å². The molecule has 3 aromatic rings. The summed E-state index contributed by atoms with van der Waals surface area (Å²) in [4.78, 5) is 30.4. The van der Waals surface area contributed by atoms with Gasteiger partial charge >= 0.3 is 6.55 Å². The van der Waals surface area contributed by atoms with Crippen LogP contribution < -0.4 is 10.7 Å². The van der Waals surface area contributed by atoms with Gasteiger partial charge in [0, 0.05) is 13.5 Å². The molecule has 31 heavy (non-hydrogen) atoms. The van der Waals surface area contributed by atoms with Crippen LogP contribution in [0, 0.1) is 0 Å². The number of rotatable bonds is 6. The van der Waals surface area contributed by atoms with E-state index in [4.69, 9.17) is 5.73 Å². The number of amides is 2. The molecule has 0 fully saturated rings. The highest BCUT2D eigenvalue weighted by molar-refractivity contribution is 6.40. The Bertz CT molecular complexity index is 1160. The Balaban J connectivity index is 1.59. The van der Waals surface area contributed by atoms with Gasteiger partial charge in [0.2, 0.25) is 5.91 Å². The fraction of sp³-hybridized carbons (Fsp3) is 0.238. The Morgan fingerprint density at radius 1 is 1.16 bits per heavy atom. The zero-order valence-corrected chi connectivity index (χ0v) is 16.7. The molecule has 160 valence electrons. The van der Waals surface area contributed by atoms with Crippen molar-refractivity contribution in [2.75, 3.05) is 12.1 Å². The van der Waals surface area contributed by atoms with Crippen molar-refractivity contribution in [3.63, 3.8) is 0 Å². The molecule has 1 aromatic heterocycles. The number of hydrazone groups is 1. The number of hydrogen-bond acceptors (Lipinski definition) is 5. The number of halogens is 2. The summed E-state index contributed by atoms with van der Waals surface area (Å²) in [7, 11) is 1.48. The summed E-state index contributed by atoms with van der Waals surface area (Å²) < 4.78 is 28.1. The van der Waals surface area contributed by atoms with Gasteiger partial charge in [-0.2, -0.15) is 13.9 Å². The Hall–Kier alpha value is -3.82. The van der Waals surface area contributed by atoms with Crippen molar-refractivity contribution in [2.45, 2.75) is 25.6 Å². The molecule has 0 saturated carbocycles. The van der Waals surface area contributed by atoms with Crippen LogP contribution in [0.25, 0.3) is 11.0 Å². The number of hydrogen-bond donors (Lipinski definition) is 1. The van der Waals surface area contributed by atoms with Crippen LogP contribution in [0.1, 0.15) is 18.8 Å². The molecule has 0 bridgehead atoms. The zero-order valence-electron chi connectivity index (χ0n) is 16.7. The second-order valence-electron chi connectivity index (χ2n) is 7.17. The second kappa shape index (κ2) is 8.13. The molecule has 1 atom stereocenters. The van der Waals surface area contributed by atoms with Gasteiger partial charge in [0.25, 0.3) is 5.91 Å². The number of carbonyl (C=O) groups excluding carboxylic acids is 2. The van der Waals surface area contributed by atoms with Gasteiger partial charge in [-0.3, -0.25) is 19.2 Å². The molecule has 0 spiro atoms. The summed E-state index contributed by atoms with van der Waals surface area (Å²) in [5.74, 6) is -1.05. The molecule has 0 radical (unpaired) electrons. The molecule has 2 aromatic carbocycles. The van der Waals surface area contributed by atoms with Gasteiger partial charge in [-0.15, -0.1) is 0 Å². The van der Waals surface area contributed by atoms with Crippen LogP contribution in [0.15, 0.2) is 59.7 Å². The van der Waals surface area contributed by atoms with E-state index in [0.29, 0.717) is 11.2 Å². The third kappa shape index (κ3) is 3.83. The maximum Gasteiger partial charge on any atom is 0.320 e. The van der Waals surface area contributed by atoms with Gasteiger partial charge in [0.15, 0.2) is 0 Å². The summed E-state index contributed by atoms with van der Waals surface area (Å²) in [6.45, 7) is -2.95. The van der Waals surface area contributed by atoms with E-state index in [1.54, 1.807) is 48.5 Å². The van der Waals surface area contributed by atoms with Crippen LogP contribution in [-0.4, -0.2) is 45.1 Å². The van der Waals surface area contributed by atoms with E-state index in [1.165, 1.54) is 17.0 Å². The van der Waals surface area contributed by atoms with Crippen molar-refractivity contribution in [1.82, 2.24) is 14.5 Å². The number of aromatic nitrogens is 2. The van der Waals surface area contributed by atoms with Crippen LogP contribution >= 0.6 is 0 Å². The molecule has 2 amide bonds. The molecule has 0 saturated heterocycles. The van der Waals surface area contributed by atoms with E-state index in [9.17, 15) is 18.4 Å². The van der Waals surface area contributed by atoms with Crippen LogP contribution in [-0.2, 0) is 16.1 Å². The van der Waals surface area contributed by atoms with E-state index in [-0.39, 0.29) is 30.0 Å². The zero-order chi connectivity index (χ0) is 22.1. The standard InChI is InChI=1S/C21H20F2N6O2/c1-27(12-18-25-14-9-5-6-10-16(14)28(18)21(22)23)20(31)15-11-17(19(24)30)29(26-15)13-7-3-2-4-8-13/h2-10,17,21H,11-12H2,1H3,(H2,24,30). The van der Waals surface area contributed by atoms with E-state index in [1.807, 2.05) is 6.07 Å². The molecule has 1 aliphatic rings. The molecular weight excluding hydrogens is 406 g/mol. The molecule has 4 rings (SSSR count). The quantitative estimate of drug-likeness (QED) is 0.655. The molecule has 8 nitrogen and oxygen atoms in total. The number of carbonyl (C=O) groups is 2. The molecular formula is C21H20F2N6O2. The minimum absolute atomic E-state index is 0.0265. The second-order valence-corrected chi connectivity index (χ2v) is 7.17. The first-order valence-electron chi connectivity index (χ1n) is 9.57. The third-order valence-corrected chi connectivity index (χ3v) is 5.10. The lowest BCUT2D eigenvalue weighted by Crippen LogP contribution is -2.40. The largest absolute Gasteiger partial charge is 0.368 e. The molecule has 0 aliphatic carbocycles. The lowest BCUT2D eigenvalue weighted by molar-refractivity contribution is -0.123. The number of benzene rings is 2. The molecule has 2 heterocycles. The van der Waals surface area contributed by atoms with Crippen molar-refractivity contribution in [1.29, 1.82) is 0 Å². The number of alkyl halides is 2. The smallest absolute Gasteiger partial charge is 0.320 e. The Morgan fingerprint density at radius 3 is 2.52 bits per heavy atom. The van der Waals surface area contributed by atoms with Gasteiger partial charge in [-0.1, -0.05) is 30.3 Å². The van der Waals surface area contributed by atoms with E-state index in [0.717, 1.165) is 4.57 Å². The third-order valence-electron chi connectivity index (χ3n) is 5.10. The van der Waals surface area contributed by atoms with E-state index in [2.05, 4.69) is 10.1 Å². The SMILES string of the molecule is CN(Cc1nc2ccccc2n1C(F)F)C(=O)C1=NN(c2ccccc2)C(C(N)=O)C1. The summed E-state index contributed by atoms with van der Waals surface area (Å²) in [6, 6.07) is 14.6. The average Bonchev–Trinajstić information content (AvgIpc) is 3.35. The van der Waals surface area contributed by atoms with Gasteiger partial charge in [-0.05, 0) is 24.3 Å². The van der Waals surface area contributed by atoms with Crippen LogP contribution in [0.2, 0.25) is 0 Å². The van der Waals surface area contributed by atoms with Crippen LogP contribution in [0.4, 0.5) is 14.5 Å². The van der Waals surface area contributed by atoms with Gasteiger partial charge < -0.3 is 10.6 Å². The number of para-hydroxylation sites is 3. The first kappa shape index (κ1) is 20.5. The number of fused-ring (bicyclic) bond motifs is 1. The summed E-state index contributed by atoms with van der Waals surface area (Å²) in [5, 5.41) is 5.72. The molecule has 10 heteroatoms. The number of imidazole rings is 1. The van der Waals surface area contributed by atoms with Crippen LogP contribution in [0.3, 0.4) is 0 Å². The fourth-order valence-electron chi connectivity index (χ4n) is 3.61. The van der Waals surface area contributed by atoms with Crippen LogP contribution in [0.5, 0.6) is 0 Å². The maximum absolute atomic E-state index is 13.7. The van der Waals surface area contributed by atoms with Gasteiger partial charge in [0.1, 0.15) is 17.6 Å². The topological polar surface area (TPSA) is 96.8 Å². The molecule has 1 unspecified atom stereocenters. The predicted octanol–water partition coefficient (Wildman–Crippen LogP) is 2.51. The number of nitrogens with zero attached hydrogens (tertiary/aromatic N) is 5. The lowest BCUT2D eigenvalue weighted by atomic mass is 10.1. The number of anilines is 1. The molecule has 2 N–H and O–H groups in total. The van der Waals surface area contributed by atoms with E-state index >= 15 is 0 Å². The summed E-state index contributed by atoms with van der Waals surface area (Å²) in [6.07, 6.45) is 0.0265. The minimum atomic E-state index is -2.80. The van der Waals surface area contributed by atoms with Crippen molar-refractivity contribution < 1.29 is 18.4 Å². The Labute approximate surface area is 176 Å². The van der Waals surface area contributed by atoms with Gasteiger partial charge in [-0.25, -0.2) is 4.98 Å². The predicted molar refractivity (Wildman–Crippen MR) is 111 cm³/mol. The van der Waals surface area contributed by atoms with Crippen molar-refractivity contribution >= 4 is 34.2 Å². The summed E-state index contributed by atoms with van der Waals surface area (Å²) in [5.41, 5.74) is 6.96. The highest BCUT2D eigenvalue weighted by atomic mass is 19.3. The highest BCUT2D eigenvalue weighted by Gasteiger charge is 2.36. The highest BCUT2D eigenvalue weighted by Crippen LogP contribution is 2.26. The number of nitrogens with two attached hydrogens (primary N) is 1. The first-order valence-corrected chi connectivity index (χ1v) is 9.57. The normalized spacial score (nSPS) is 16.1. The van der Waals surface area contributed by atoms with Crippen molar-refractivity contribution in [3.8, 4) is 0 Å². The fourth-order valence-corrected chi connectivity index (χ4v) is 3.61. The summed E-state index contributed by atoms with van der Waals surface area (Å²) >= 11 is 0. The minimum Gasteiger partial charge on any atom is -0.368 e. The molecule has 1 aliphatic heterocycles. The number of primary amides is 1. The Morgan fingerprint density at radius 2 is 1.84 bits per heavy atom. The van der Waals surface area contributed by atoms with Gasteiger partial charge in [0.05, 0.1) is 23.3 Å². The Kier molecular flexibility index (Phi) is 5.37. The monoisotopic (exact) mass is 426 g/mol.